The van der Waals surface area contributed by atoms with E-state index in [2.05, 4.69) is 13.2 Å². The van der Waals surface area contributed by atoms with Crippen molar-refractivity contribution >= 4 is 0 Å². The summed E-state index contributed by atoms with van der Waals surface area (Å²) in [6, 6.07) is 0. The molecule has 0 bridgehead atoms. The summed E-state index contributed by atoms with van der Waals surface area (Å²) in [4.78, 5) is 0. The van der Waals surface area contributed by atoms with Gasteiger partial charge in [-0.1, -0.05) is 43.3 Å². The van der Waals surface area contributed by atoms with Gasteiger partial charge < -0.3 is 0 Å². The molecular weight excluding hydrogens is 156 g/mol. The second-order valence-corrected chi connectivity index (χ2v) is 4.18. The first kappa shape index (κ1) is 15.0. The molecule has 1 saturated carbocycles. The molecule has 0 aromatic rings. The minimum atomic E-state index is 1.17. The van der Waals surface area contributed by atoms with E-state index in [0.717, 1.165) is 0 Å². The van der Waals surface area contributed by atoms with E-state index in [4.69, 9.17) is 0 Å². The molecule has 0 heterocycles. The summed E-state index contributed by atoms with van der Waals surface area (Å²) in [5, 5.41) is 0. The van der Waals surface area contributed by atoms with Gasteiger partial charge in [-0.3, -0.25) is 0 Å². The molecule has 0 unspecified atom stereocenters. The molecule has 0 aliphatic heterocycles. The Hall–Kier alpha value is -0.520. The standard InChI is InChI=1S/C5H10.2C4H8/c1-2-4-5-3-1;2*1-4(2)3/h1-5H2;2*1H2,2-3H3. The Bertz CT molecular complexity index is 99.4. The topological polar surface area (TPSA) is 0 Å². The quantitative estimate of drug-likeness (QED) is 0.456. The summed E-state index contributed by atoms with van der Waals surface area (Å²) in [6.07, 6.45) is 7.50. The second kappa shape index (κ2) is 11.5. The van der Waals surface area contributed by atoms with Crippen LogP contribution >= 0.6 is 0 Å². The lowest BCUT2D eigenvalue weighted by Crippen LogP contribution is -1.47. The zero-order valence-corrected chi connectivity index (χ0v) is 9.95. The van der Waals surface area contributed by atoms with Crippen molar-refractivity contribution in [3.8, 4) is 0 Å². The normalized spacial score (nSPS) is 13.2. The summed E-state index contributed by atoms with van der Waals surface area (Å²) >= 11 is 0. The van der Waals surface area contributed by atoms with Crippen molar-refractivity contribution in [3.63, 3.8) is 0 Å². The van der Waals surface area contributed by atoms with Crippen molar-refractivity contribution < 1.29 is 0 Å². The minimum Gasteiger partial charge on any atom is -0.100 e. The summed E-state index contributed by atoms with van der Waals surface area (Å²) < 4.78 is 0. The molecule has 1 aliphatic rings. The molecule has 1 rings (SSSR count). The molecule has 0 nitrogen and oxygen atoms in total. The van der Waals surface area contributed by atoms with Gasteiger partial charge >= 0.3 is 0 Å². The lowest BCUT2D eigenvalue weighted by molar-refractivity contribution is 0.886. The van der Waals surface area contributed by atoms with E-state index in [0.29, 0.717) is 0 Å². The van der Waals surface area contributed by atoms with Crippen LogP contribution in [-0.4, -0.2) is 0 Å². The van der Waals surface area contributed by atoms with Gasteiger partial charge in [-0.25, -0.2) is 0 Å². The van der Waals surface area contributed by atoms with E-state index in [1.807, 2.05) is 27.7 Å². The molecule has 0 N–H and O–H groups in total. The van der Waals surface area contributed by atoms with Crippen LogP contribution in [0.3, 0.4) is 0 Å². The predicted molar refractivity (Wildman–Crippen MR) is 64.1 cm³/mol. The van der Waals surface area contributed by atoms with Gasteiger partial charge in [0.2, 0.25) is 0 Å². The third-order valence-corrected chi connectivity index (χ3v) is 1.25. The molecule has 1 aliphatic carbocycles. The molecule has 78 valence electrons. The van der Waals surface area contributed by atoms with Crippen molar-refractivity contribution in [1.29, 1.82) is 0 Å². The van der Waals surface area contributed by atoms with Crippen LogP contribution in [0.25, 0.3) is 0 Å². The summed E-state index contributed by atoms with van der Waals surface area (Å²) in [6.45, 7) is 15.0. The fourth-order valence-corrected chi connectivity index (χ4v) is 0.884. The number of hydrogen-bond acceptors (Lipinski definition) is 0. The Morgan fingerprint density at radius 1 is 0.615 bits per heavy atom. The van der Waals surface area contributed by atoms with Crippen molar-refractivity contribution in [2.45, 2.75) is 59.8 Å². The van der Waals surface area contributed by atoms with Crippen molar-refractivity contribution in [2.75, 3.05) is 0 Å². The maximum Gasteiger partial charge on any atom is -0.0445 e. The Labute approximate surface area is 84.7 Å². The highest BCUT2D eigenvalue weighted by Gasteiger charge is 1.95. The van der Waals surface area contributed by atoms with Crippen molar-refractivity contribution in [1.82, 2.24) is 0 Å². The number of rotatable bonds is 0. The van der Waals surface area contributed by atoms with Crippen LogP contribution in [0.15, 0.2) is 24.3 Å². The van der Waals surface area contributed by atoms with E-state index in [1.54, 1.807) is 0 Å². The molecule has 0 heteroatoms. The van der Waals surface area contributed by atoms with Crippen molar-refractivity contribution in [2.24, 2.45) is 0 Å². The predicted octanol–water partition coefficient (Wildman–Crippen LogP) is 5.12. The molecular formula is C13H26. The lowest BCUT2D eigenvalue weighted by Gasteiger charge is -1.67. The van der Waals surface area contributed by atoms with Crippen LogP contribution in [0.4, 0.5) is 0 Å². The zero-order chi connectivity index (χ0) is 10.7. The van der Waals surface area contributed by atoms with Crippen molar-refractivity contribution in [3.05, 3.63) is 24.3 Å². The lowest BCUT2D eigenvalue weighted by atomic mass is 10.4. The van der Waals surface area contributed by atoms with E-state index in [1.165, 1.54) is 43.3 Å². The average Bonchev–Trinajstić information content (AvgIpc) is 2.35. The second-order valence-electron chi connectivity index (χ2n) is 4.18. The Morgan fingerprint density at radius 3 is 0.769 bits per heavy atom. The highest BCUT2D eigenvalue weighted by molar-refractivity contribution is 4.79. The molecule has 0 saturated heterocycles. The summed E-state index contributed by atoms with van der Waals surface area (Å²) in [5.41, 5.74) is 2.33. The van der Waals surface area contributed by atoms with Gasteiger partial charge in [-0.15, -0.1) is 13.2 Å². The van der Waals surface area contributed by atoms with Gasteiger partial charge in [-0.2, -0.15) is 0 Å². The maximum absolute atomic E-state index is 3.56. The van der Waals surface area contributed by atoms with E-state index in [9.17, 15) is 0 Å². The van der Waals surface area contributed by atoms with Gasteiger partial charge in [0.15, 0.2) is 0 Å². The minimum absolute atomic E-state index is 1.17. The fourth-order valence-electron chi connectivity index (χ4n) is 0.884. The fraction of sp³-hybridized carbons (Fsp3) is 0.692. The Kier molecular flexibility index (Phi) is 13.2. The molecule has 0 radical (unpaired) electrons. The van der Waals surface area contributed by atoms with E-state index in [-0.39, 0.29) is 0 Å². The van der Waals surface area contributed by atoms with E-state index < -0.39 is 0 Å². The number of allylic oxidation sites excluding steroid dienone is 2. The van der Waals surface area contributed by atoms with Gasteiger partial charge in [0.1, 0.15) is 0 Å². The zero-order valence-electron chi connectivity index (χ0n) is 9.95. The first-order valence-electron chi connectivity index (χ1n) is 5.21. The Balaban J connectivity index is 0. The highest BCUT2D eigenvalue weighted by atomic mass is 14.0. The summed E-state index contributed by atoms with van der Waals surface area (Å²) in [5.74, 6) is 0. The monoisotopic (exact) mass is 182 g/mol. The van der Waals surface area contributed by atoms with Crippen LogP contribution in [0.2, 0.25) is 0 Å². The van der Waals surface area contributed by atoms with Crippen LogP contribution < -0.4 is 0 Å². The molecule has 1 fully saturated rings. The third-order valence-electron chi connectivity index (χ3n) is 1.25. The van der Waals surface area contributed by atoms with Gasteiger partial charge in [0, 0.05) is 0 Å². The SMILES string of the molecule is C1CCCC1.C=C(C)C.C=C(C)C. The largest absolute Gasteiger partial charge is 0.100 e. The molecule has 0 aromatic carbocycles. The molecule has 0 amide bonds. The number of hydrogen-bond donors (Lipinski definition) is 0. The highest BCUT2D eigenvalue weighted by Crippen LogP contribution is 2.15. The van der Waals surface area contributed by atoms with Crippen LogP contribution in [0.5, 0.6) is 0 Å². The first-order valence-corrected chi connectivity index (χ1v) is 5.21. The smallest absolute Gasteiger partial charge is 0.0445 e. The van der Waals surface area contributed by atoms with Gasteiger partial charge in [-0.05, 0) is 27.7 Å². The van der Waals surface area contributed by atoms with Crippen LogP contribution in [-0.2, 0) is 0 Å². The van der Waals surface area contributed by atoms with E-state index >= 15 is 0 Å². The molecule has 0 atom stereocenters. The van der Waals surface area contributed by atoms with Gasteiger partial charge in [0.05, 0.1) is 0 Å². The first-order chi connectivity index (χ1) is 5.96. The third kappa shape index (κ3) is 51.4. The molecule has 0 spiro atoms. The molecule has 13 heavy (non-hydrogen) atoms. The molecule has 0 aromatic heterocycles. The average molecular weight is 182 g/mol. The Morgan fingerprint density at radius 2 is 0.692 bits per heavy atom. The van der Waals surface area contributed by atoms with Crippen LogP contribution in [0, 0.1) is 0 Å². The maximum atomic E-state index is 3.56. The van der Waals surface area contributed by atoms with Gasteiger partial charge in [0.25, 0.3) is 0 Å². The summed E-state index contributed by atoms with van der Waals surface area (Å²) in [7, 11) is 0. The van der Waals surface area contributed by atoms with Crippen LogP contribution in [0.1, 0.15) is 59.8 Å².